The van der Waals surface area contributed by atoms with E-state index in [9.17, 15) is 4.79 Å². The molecule has 0 amide bonds. The zero-order valence-electron chi connectivity index (χ0n) is 9.82. The summed E-state index contributed by atoms with van der Waals surface area (Å²) in [7, 11) is 0. The summed E-state index contributed by atoms with van der Waals surface area (Å²) in [6.07, 6.45) is 3.13. The van der Waals surface area contributed by atoms with Gasteiger partial charge in [0.15, 0.2) is 5.65 Å². The predicted octanol–water partition coefficient (Wildman–Crippen LogP) is 2.39. The second-order valence-electron chi connectivity index (χ2n) is 3.98. The Morgan fingerprint density at radius 3 is 2.74 bits per heavy atom. The number of carboxylic acids is 1. The molecule has 0 aliphatic carbocycles. The summed E-state index contributed by atoms with van der Waals surface area (Å²) in [4.78, 5) is 23.6. The summed E-state index contributed by atoms with van der Waals surface area (Å²) < 4.78 is 0. The van der Waals surface area contributed by atoms with Gasteiger partial charge in [0.2, 0.25) is 0 Å². The fourth-order valence-electron chi connectivity index (χ4n) is 1.80. The minimum Gasteiger partial charge on any atom is -0.478 e. The van der Waals surface area contributed by atoms with Gasteiger partial charge in [-0.25, -0.2) is 14.8 Å². The van der Waals surface area contributed by atoms with E-state index in [-0.39, 0.29) is 5.56 Å². The van der Waals surface area contributed by atoms with Crippen LogP contribution in [0.4, 0.5) is 0 Å². The van der Waals surface area contributed by atoms with Crippen molar-refractivity contribution in [2.24, 2.45) is 0 Å². The van der Waals surface area contributed by atoms with Gasteiger partial charge < -0.3 is 5.11 Å². The van der Waals surface area contributed by atoms with Gasteiger partial charge in [0.05, 0.1) is 17.0 Å². The molecule has 3 rings (SSSR count). The van der Waals surface area contributed by atoms with Crippen molar-refractivity contribution < 1.29 is 9.90 Å². The normalized spacial score (nSPS) is 10.5. The average molecular weight is 251 g/mol. The Hall–Kier alpha value is -2.82. The van der Waals surface area contributed by atoms with Crippen molar-refractivity contribution in [2.45, 2.75) is 0 Å². The second kappa shape index (κ2) is 4.45. The SMILES string of the molecule is O=C(O)c1ccnc(-c2ccc3cccnc3n2)c1. The first-order valence-corrected chi connectivity index (χ1v) is 5.65. The van der Waals surface area contributed by atoms with Gasteiger partial charge >= 0.3 is 5.97 Å². The van der Waals surface area contributed by atoms with E-state index < -0.39 is 5.97 Å². The van der Waals surface area contributed by atoms with Gasteiger partial charge in [-0.2, -0.15) is 0 Å². The van der Waals surface area contributed by atoms with Crippen LogP contribution in [0.15, 0.2) is 48.8 Å². The highest BCUT2D eigenvalue weighted by atomic mass is 16.4. The summed E-state index contributed by atoms with van der Waals surface area (Å²) in [5.74, 6) is -0.984. The number of nitrogens with zero attached hydrogens (tertiary/aromatic N) is 3. The Kier molecular flexibility index (Phi) is 2.64. The first kappa shape index (κ1) is 11.3. The molecule has 0 saturated carbocycles. The van der Waals surface area contributed by atoms with Gasteiger partial charge in [0.1, 0.15) is 0 Å². The molecule has 0 radical (unpaired) electrons. The van der Waals surface area contributed by atoms with Gasteiger partial charge in [-0.15, -0.1) is 0 Å². The quantitative estimate of drug-likeness (QED) is 0.756. The highest BCUT2D eigenvalue weighted by Crippen LogP contribution is 2.18. The van der Waals surface area contributed by atoms with Crippen LogP contribution in [0.2, 0.25) is 0 Å². The van der Waals surface area contributed by atoms with Gasteiger partial charge in [0.25, 0.3) is 0 Å². The van der Waals surface area contributed by atoms with Gasteiger partial charge in [0, 0.05) is 17.8 Å². The Bertz CT molecular complexity index is 771. The average Bonchev–Trinajstić information content (AvgIpc) is 2.47. The molecule has 1 N–H and O–H groups in total. The first-order valence-electron chi connectivity index (χ1n) is 5.65. The molecule has 3 aromatic heterocycles. The monoisotopic (exact) mass is 251 g/mol. The Morgan fingerprint density at radius 2 is 1.89 bits per heavy atom. The topological polar surface area (TPSA) is 76.0 Å². The Morgan fingerprint density at radius 1 is 1.00 bits per heavy atom. The molecule has 5 nitrogen and oxygen atoms in total. The molecular weight excluding hydrogens is 242 g/mol. The van der Waals surface area contributed by atoms with Crippen LogP contribution in [0.3, 0.4) is 0 Å². The zero-order chi connectivity index (χ0) is 13.2. The third-order valence-corrected chi connectivity index (χ3v) is 2.73. The van der Waals surface area contributed by atoms with Crippen molar-refractivity contribution in [3.63, 3.8) is 0 Å². The third kappa shape index (κ3) is 2.13. The minimum atomic E-state index is -0.984. The molecule has 0 atom stereocenters. The number of fused-ring (bicyclic) bond motifs is 1. The summed E-state index contributed by atoms with van der Waals surface area (Å²) in [6, 6.07) is 10.4. The lowest BCUT2D eigenvalue weighted by Crippen LogP contribution is -1.98. The number of aromatic nitrogens is 3. The lowest BCUT2D eigenvalue weighted by atomic mass is 10.1. The number of carboxylic acid groups (broad SMARTS) is 1. The van der Waals surface area contributed by atoms with Crippen LogP contribution in [0, 0.1) is 0 Å². The number of aromatic carboxylic acids is 1. The molecule has 3 aromatic rings. The van der Waals surface area contributed by atoms with E-state index >= 15 is 0 Å². The predicted molar refractivity (Wildman–Crippen MR) is 69.7 cm³/mol. The van der Waals surface area contributed by atoms with Gasteiger partial charge in [-0.05, 0) is 36.4 Å². The van der Waals surface area contributed by atoms with E-state index in [1.807, 2.05) is 18.2 Å². The number of pyridine rings is 3. The molecular formula is C14H9N3O2. The Labute approximate surface area is 108 Å². The summed E-state index contributed by atoms with van der Waals surface area (Å²) >= 11 is 0. The molecule has 0 unspecified atom stereocenters. The van der Waals surface area contributed by atoms with Crippen molar-refractivity contribution in [3.8, 4) is 11.4 Å². The minimum absolute atomic E-state index is 0.188. The van der Waals surface area contributed by atoms with Crippen LogP contribution in [-0.2, 0) is 0 Å². The lowest BCUT2D eigenvalue weighted by Gasteiger charge is -2.02. The molecule has 0 aromatic carbocycles. The molecule has 19 heavy (non-hydrogen) atoms. The maximum absolute atomic E-state index is 10.9. The standard InChI is InChI=1S/C14H9N3O2/c18-14(19)10-5-7-15-12(8-10)11-4-3-9-2-1-6-16-13(9)17-11/h1-8H,(H,18,19). The highest BCUT2D eigenvalue weighted by Gasteiger charge is 2.07. The maximum atomic E-state index is 10.9. The molecule has 0 aliphatic heterocycles. The fraction of sp³-hybridized carbons (Fsp3) is 0. The Balaban J connectivity index is 2.13. The number of hydrogen-bond acceptors (Lipinski definition) is 4. The van der Waals surface area contributed by atoms with Crippen LogP contribution < -0.4 is 0 Å². The molecule has 92 valence electrons. The van der Waals surface area contributed by atoms with Crippen molar-refractivity contribution in [1.82, 2.24) is 15.0 Å². The van der Waals surface area contributed by atoms with Gasteiger partial charge in [-0.1, -0.05) is 0 Å². The molecule has 3 heterocycles. The summed E-state index contributed by atoms with van der Waals surface area (Å²) in [6.45, 7) is 0. The van der Waals surface area contributed by atoms with E-state index in [0.717, 1.165) is 5.39 Å². The van der Waals surface area contributed by atoms with E-state index in [1.165, 1.54) is 18.3 Å². The molecule has 0 bridgehead atoms. The number of hydrogen-bond donors (Lipinski definition) is 1. The third-order valence-electron chi connectivity index (χ3n) is 2.73. The van der Waals surface area contributed by atoms with Crippen molar-refractivity contribution in [1.29, 1.82) is 0 Å². The zero-order valence-corrected chi connectivity index (χ0v) is 9.82. The van der Waals surface area contributed by atoms with Gasteiger partial charge in [-0.3, -0.25) is 4.98 Å². The van der Waals surface area contributed by atoms with Crippen LogP contribution in [0.25, 0.3) is 22.4 Å². The van der Waals surface area contributed by atoms with E-state index in [0.29, 0.717) is 17.0 Å². The number of carbonyl (C=O) groups is 1. The molecule has 0 fully saturated rings. The fourth-order valence-corrected chi connectivity index (χ4v) is 1.80. The lowest BCUT2D eigenvalue weighted by molar-refractivity contribution is 0.0697. The second-order valence-corrected chi connectivity index (χ2v) is 3.98. The van der Waals surface area contributed by atoms with E-state index in [2.05, 4.69) is 15.0 Å². The smallest absolute Gasteiger partial charge is 0.335 e. The van der Waals surface area contributed by atoms with Crippen molar-refractivity contribution >= 4 is 17.0 Å². The largest absolute Gasteiger partial charge is 0.478 e. The van der Waals surface area contributed by atoms with Crippen LogP contribution >= 0.6 is 0 Å². The maximum Gasteiger partial charge on any atom is 0.335 e. The molecule has 5 heteroatoms. The van der Waals surface area contributed by atoms with Crippen molar-refractivity contribution in [3.05, 3.63) is 54.4 Å². The summed E-state index contributed by atoms with van der Waals surface area (Å²) in [5, 5.41) is 9.90. The highest BCUT2D eigenvalue weighted by molar-refractivity contribution is 5.88. The molecule has 0 saturated heterocycles. The number of rotatable bonds is 2. The van der Waals surface area contributed by atoms with Crippen LogP contribution in [0.5, 0.6) is 0 Å². The molecule has 0 spiro atoms. The molecule has 0 aliphatic rings. The van der Waals surface area contributed by atoms with Crippen LogP contribution in [-0.4, -0.2) is 26.0 Å². The van der Waals surface area contributed by atoms with E-state index in [1.54, 1.807) is 12.3 Å². The van der Waals surface area contributed by atoms with Crippen molar-refractivity contribution in [2.75, 3.05) is 0 Å². The van der Waals surface area contributed by atoms with E-state index in [4.69, 9.17) is 5.11 Å². The first-order chi connectivity index (χ1) is 9.24. The summed E-state index contributed by atoms with van der Waals surface area (Å²) in [5.41, 5.74) is 1.93. The van der Waals surface area contributed by atoms with Crippen LogP contribution in [0.1, 0.15) is 10.4 Å².